The van der Waals surface area contributed by atoms with E-state index in [9.17, 15) is 4.79 Å². The van der Waals surface area contributed by atoms with E-state index in [1.54, 1.807) is 12.4 Å². The van der Waals surface area contributed by atoms with Gasteiger partial charge in [0.25, 0.3) is 0 Å². The summed E-state index contributed by atoms with van der Waals surface area (Å²) in [5.41, 5.74) is 1.91. The Hall–Kier alpha value is -3.17. The van der Waals surface area contributed by atoms with Crippen LogP contribution in [0.4, 0.5) is 5.95 Å². The molecule has 1 aromatic heterocycles. The molecule has 25 heavy (non-hydrogen) atoms. The zero-order valence-electron chi connectivity index (χ0n) is 13.9. The molecule has 2 aromatic rings. The summed E-state index contributed by atoms with van der Waals surface area (Å²) in [5, 5.41) is 11.3. The predicted molar refractivity (Wildman–Crippen MR) is 97.0 cm³/mol. The van der Waals surface area contributed by atoms with E-state index in [4.69, 9.17) is 5.11 Å². The Kier molecular flexibility index (Phi) is 7.16. The van der Waals surface area contributed by atoms with Crippen LogP contribution < -0.4 is 5.32 Å². The minimum absolute atomic E-state index is 0.211. The van der Waals surface area contributed by atoms with Gasteiger partial charge in [-0.15, -0.1) is 6.58 Å². The second-order valence-electron chi connectivity index (χ2n) is 5.29. The highest BCUT2D eigenvalue weighted by molar-refractivity contribution is 5.71. The number of hydrogen-bond donors (Lipinski definition) is 2. The smallest absolute Gasteiger partial charge is 0.322 e. The highest BCUT2D eigenvalue weighted by Gasteiger charge is 2.05. The number of nitrogens with one attached hydrogen (secondary N) is 1. The van der Waals surface area contributed by atoms with Gasteiger partial charge in [-0.1, -0.05) is 36.1 Å². The van der Waals surface area contributed by atoms with E-state index in [1.165, 1.54) is 0 Å². The maximum Gasteiger partial charge on any atom is 0.322 e. The molecule has 0 aliphatic heterocycles. The van der Waals surface area contributed by atoms with Gasteiger partial charge in [0.1, 0.15) is 6.54 Å². The summed E-state index contributed by atoms with van der Waals surface area (Å²) in [7, 11) is 0. The van der Waals surface area contributed by atoms with Gasteiger partial charge in [0.15, 0.2) is 0 Å². The number of nitrogens with zero attached hydrogens (tertiary/aromatic N) is 3. The van der Waals surface area contributed by atoms with Crippen LogP contribution in [0.2, 0.25) is 0 Å². The minimum atomic E-state index is -0.957. The number of rotatable bonds is 8. The molecule has 2 N–H and O–H groups in total. The Morgan fingerprint density at radius 2 is 2.00 bits per heavy atom. The van der Waals surface area contributed by atoms with E-state index in [0.29, 0.717) is 25.6 Å². The van der Waals surface area contributed by atoms with E-state index in [2.05, 4.69) is 38.6 Å². The number of benzene rings is 1. The van der Waals surface area contributed by atoms with Crippen molar-refractivity contribution in [3.8, 4) is 11.8 Å². The predicted octanol–water partition coefficient (Wildman–Crippen LogP) is 2.01. The van der Waals surface area contributed by atoms with E-state index in [0.717, 1.165) is 11.1 Å². The van der Waals surface area contributed by atoms with E-state index < -0.39 is 5.97 Å². The summed E-state index contributed by atoms with van der Waals surface area (Å²) in [4.78, 5) is 20.9. The van der Waals surface area contributed by atoms with Gasteiger partial charge >= 0.3 is 5.97 Å². The summed E-state index contributed by atoms with van der Waals surface area (Å²) in [6, 6.07) is 9.83. The van der Waals surface area contributed by atoms with Crippen LogP contribution in [0.25, 0.3) is 0 Å². The first-order valence-corrected chi connectivity index (χ1v) is 7.81. The van der Waals surface area contributed by atoms with Gasteiger partial charge in [-0.2, -0.15) is 0 Å². The molecule has 1 heterocycles. The molecule has 128 valence electrons. The molecular formula is C19H20N4O2. The topological polar surface area (TPSA) is 78.4 Å². The van der Waals surface area contributed by atoms with Gasteiger partial charge in [0, 0.05) is 36.6 Å². The van der Waals surface area contributed by atoms with Gasteiger partial charge < -0.3 is 10.4 Å². The first-order valence-electron chi connectivity index (χ1n) is 7.81. The van der Waals surface area contributed by atoms with Gasteiger partial charge in [0.2, 0.25) is 5.95 Å². The van der Waals surface area contributed by atoms with Gasteiger partial charge in [0.05, 0.1) is 6.54 Å². The lowest BCUT2D eigenvalue weighted by molar-refractivity contribution is -0.134. The number of aliphatic carboxylic acids is 1. The normalized spacial score (nSPS) is 9.96. The first kappa shape index (κ1) is 18.2. The van der Waals surface area contributed by atoms with Crippen molar-refractivity contribution in [1.29, 1.82) is 0 Å². The molecule has 0 amide bonds. The number of hydrogen-bond acceptors (Lipinski definition) is 5. The van der Waals surface area contributed by atoms with Crippen molar-refractivity contribution in [2.24, 2.45) is 0 Å². The monoisotopic (exact) mass is 336 g/mol. The van der Waals surface area contributed by atoms with Gasteiger partial charge in [-0.25, -0.2) is 9.97 Å². The number of anilines is 1. The van der Waals surface area contributed by atoms with Crippen LogP contribution in [-0.2, 0) is 11.3 Å². The molecule has 0 fully saturated rings. The van der Waals surface area contributed by atoms with Crippen LogP contribution in [0, 0.1) is 11.8 Å². The van der Waals surface area contributed by atoms with Gasteiger partial charge in [-0.3, -0.25) is 9.69 Å². The van der Waals surface area contributed by atoms with Crippen LogP contribution in [-0.4, -0.2) is 45.6 Å². The van der Waals surface area contributed by atoms with E-state index in [-0.39, 0.29) is 6.54 Å². The molecular weight excluding hydrogens is 316 g/mol. The highest BCUT2D eigenvalue weighted by atomic mass is 16.4. The van der Waals surface area contributed by atoms with Crippen molar-refractivity contribution in [2.45, 2.75) is 6.54 Å². The van der Waals surface area contributed by atoms with Gasteiger partial charge in [-0.05, 0) is 12.1 Å². The summed E-state index contributed by atoms with van der Waals surface area (Å²) in [6.07, 6.45) is 5.18. The number of carboxylic acid groups (broad SMARTS) is 1. The molecule has 0 saturated heterocycles. The molecule has 0 atom stereocenters. The number of aromatic nitrogens is 2. The summed E-state index contributed by atoms with van der Waals surface area (Å²) in [5.74, 6) is 5.63. The van der Waals surface area contributed by atoms with Crippen LogP contribution in [0.5, 0.6) is 0 Å². The van der Waals surface area contributed by atoms with Crippen molar-refractivity contribution in [2.75, 3.05) is 25.0 Å². The SMILES string of the molecule is C=CCN(CC#Cc1ccccc1)Cc1cnc(NCC(=O)O)nc1. The average molecular weight is 336 g/mol. The Morgan fingerprint density at radius 1 is 1.28 bits per heavy atom. The molecule has 0 aliphatic carbocycles. The molecule has 0 spiro atoms. The fraction of sp³-hybridized carbons (Fsp3) is 0.211. The molecule has 6 nitrogen and oxygen atoms in total. The number of carboxylic acids is 1. The van der Waals surface area contributed by atoms with Crippen LogP contribution in [0.1, 0.15) is 11.1 Å². The van der Waals surface area contributed by atoms with Crippen molar-refractivity contribution >= 4 is 11.9 Å². The van der Waals surface area contributed by atoms with Crippen LogP contribution in [0.3, 0.4) is 0 Å². The molecule has 1 aromatic carbocycles. The van der Waals surface area contributed by atoms with Crippen molar-refractivity contribution in [3.63, 3.8) is 0 Å². The van der Waals surface area contributed by atoms with Crippen LogP contribution in [0.15, 0.2) is 55.4 Å². The largest absolute Gasteiger partial charge is 0.480 e. The quantitative estimate of drug-likeness (QED) is 0.567. The lowest BCUT2D eigenvalue weighted by atomic mass is 10.2. The fourth-order valence-electron chi connectivity index (χ4n) is 2.08. The number of carbonyl (C=O) groups is 1. The third-order valence-corrected chi connectivity index (χ3v) is 3.21. The lowest BCUT2D eigenvalue weighted by Crippen LogP contribution is -2.24. The third-order valence-electron chi connectivity index (χ3n) is 3.21. The molecule has 0 bridgehead atoms. The Labute approximate surface area is 147 Å². The molecule has 0 saturated carbocycles. The highest BCUT2D eigenvalue weighted by Crippen LogP contribution is 2.05. The summed E-state index contributed by atoms with van der Waals surface area (Å²) in [6.45, 7) is 5.49. The Bertz CT molecular complexity index is 748. The molecule has 0 aliphatic rings. The molecule has 0 unspecified atom stereocenters. The molecule has 0 radical (unpaired) electrons. The van der Waals surface area contributed by atoms with E-state index in [1.807, 2.05) is 36.4 Å². The Morgan fingerprint density at radius 3 is 2.64 bits per heavy atom. The maximum atomic E-state index is 10.5. The molecule has 2 rings (SSSR count). The zero-order valence-corrected chi connectivity index (χ0v) is 13.9. The van der Waals surface area contributed by atoms with Crippen molar-refractivity contribution < 1.29 is 9.90 Å². The van der Waals surface area contributed by atoms with Crippen LogP contribution >= 0.6 is 0 Å². The lowest BCUT2D eigenvalue weighted by Gasteiger charge is -2.17. The fourth-order valence-corrected chi connectivity index (χ4v) is 2.08. The average Bonchev–Trinajstić information content (AvgIpc) is 2.62. The molecule has 6 heteroatoms. The first-order chi connectivity index (χ1) is 12.2. The second kappa shape index (κ2) is 9.85. The standard InChI is InChI=1S/C19H20N4O2/c1-2-10-23(11-6-9-16-7-4-3-5-8-16)15-17-12-20-19(21-13-17)22-14-18(24)25/h2-5,7-8,12-13H,1,10-11,14-15H2,(H,24,25)(H,20,21,22). The maximum absolute atomic E-state index is 10.5. The van der Waals surface area contributed by atoms with Crippen molar-refractivity contribution in [3.05, 3.63) is 66.5 Å². The summed E-state index contributed by atoms with van der Waals surface area (Å²) < 4.78 is 0. The third kappa shape index (κ3) is 6.85. The second-order valence-corrected chi connectivity index (χ2v) is 5.29. The zero-order chi connectivity index (χ0) is 17.9. The minimum Gasteiger partial charge on any atom is -0.480 e. The Balaban J connectivity index is 1.93. The van der Waals surface area contributed by atoms with E-state index >= 15 is 0 Å². The summed E-state index contributed by atoms with van der Waals surface area (Å²) >= 11 is 0. The van der Waals surface area contributed by atoms with Crippen molar-refractivity contribution in [1.82, 2.24) is 14.9 Å².